The van der Waals surface area contributed by atoms with Crippen LogP contribution in [0.3, 0.4) is 0 Å². The molecule has 1 amide bonds. The highest BCUT2D eigenvalue weighted by molar-refractivity contribution is 5.72. The van der Waals surface area contributed by atoms with Crippen LogP contribution in [0.2, 0.25) is 0 Å². The molecule has 1 aliphatic heterocycles. The third-order valence-electron chi connectivity index (χ3n) is 2.67. The van der Waals surface area contributed by atoms with Gasteiger partial charge in [-0.2, -0.15) is 0 Å². The van der Waals surface area contributed by atoms with E-state index in [1.165, 1.54) is 0 Å². The second-order valence-corrected chi connectivity index (χ2v) is 3.64. The molecule has 3 nitrogen and oxygen atoms in total. The molecule has 1 aromatic rings. The standard InChI is InChI=1S/C13H13NO2/c1-3-10(2)14-12(9-16-13(14)15)11-7-5-4-6-8-11/h4-8,12H,1,9H2,2H3/t12-/m1/s1. The first-order valence-electron chi connectivity index (χ1n) is 5.11. The molecule has 3 heteroatoms. The van der Waals surface area contributed by atoms with Crippen LogP contribution in [0.15, 0.2) is 48.3 Å². The molecule has 1 fully saturated rings. The van der Waals surface area contributed by atoms with E-state index in [9.17, 15) is 4.79 Å². The van der Waals surface area contributed by atoms with Crippen LogP contribution in [-0.4, -0.2) is 17.6 Å². The number of allylic oxidation sites excluding steroid dienone is 1. The summed E-state index contributed by atoms with van der Waals surface area (Å²) in [6.45, 7) is 5.73. The van der Waals surface area contributed by atoms with Crippen LogP contribution in [-0.2, 0) is 4.74 Å². The lowest BCUT2D eigenvalue weighted by atomic mass is 10.1. The number of benzene rings is 1. The molecule has 1 aromatic carbocycles. The fourth-order valence-electron chi connectivity index (χ4n) is 1.80. The zero-order chi connectivity index (χ0) is 11.5. The van der Waals surface area contributed by atoms with Gasteiger partial charge in [0.1, 0.15) is 6.61 Å². The zero-order valence-electron chi connectivity index (χ0n) is 9.14. The van der Waals surface area contributed by atoms with Crippen molar-refractivity contribution in [2.75, 3.05) is 6.61 Å². The molecule has 0 spiro atoms. The van der Waals surface area contributed by atoms with Gasteiger partial charge in [-0.05, 0) is 12.5 Å². The third kappa shape index (κ3) is 1.73. The Balaban J connectivity index is 2.35. The molecule has 0 saturated carbocycles. The number of hydrogen-bond acceptors (Lipinski definition) is 2. The van der Waals surface area contributed by atoms with Crippen molar-refractivity contribution in [3.63, 3.8) is 0 Å². The fourth-order valence-corrected chi connectivity index (χ4v) is 1.80. The molecule has 0 aromatic heterocycles. The Hall–Kier alpha value is -1.99. The Morgan fingerprint density at radius 2 is 2.19 bits per heavy atom. The van der Waals surface area contributed by atoms with Gasteiger partial charge in [-0.15, -0.1) is 5.73 Å². The number of cyclic esters (lactones) is 1. The molecule has 0 unspecified atom stereocenters. The van der Waals surface area contributed by atoms with E-state index < -0.39 is 0 Å². The van der Waals surface area contributed by atoms with Crippen molar-refractivity contribution in [3.8, 4) is 0 Å². The van der Waals surface area contributed by atoms with Crippen molar-refractivity contribution in [2.24, 2.45) is 0 Å². The lowest BCUT2D eigenvalue weighted by Gasteiger charge is -2.20. The normalized spacial score (nSPS) is 19.2. The Morgan fingerprint density at radius 1 is 1.50 bits per heavy atom. The second kappa shape index (κ2) is 4.25. The summed E-state index contributed by atoms with van der Waals surface area (Å²) in [4.78, 5) is 13.2. The molecular formula is C13H13NO2. The van der Waals surface area contributed by atoms with Gasteiger partial charge in [-0.3, -0.25) is 4.90 Å². The first kappa shape index (κ1) is 10.5. The van der Waals surface area contributed by atoms with Crippen molar-refractivity contribution in [3.05, 3.63) is 53.9 Å². The van der Waals surface area contributed by atoms with E-state index in [1.54, 1.807) is 11.8 Å². The van der Waals surface area contributed by atoms with E-state index in [0.717, 1.165) is 5.56 Å². The molecule has 1 aliphatic rings. The predicted octanol–water partition coefficient (Wildman–Crippen LogP) is 2.87. The predicted molar refractivity (Wildman–Crippen MR) is 60.7 cm³/mol. The number of carbonyl (C=O) groups excluding carboxylic acids is 1. The Labute approximate surface area is 94.6 Å². The summed E-state index contributed by atoms with van der Waals surface area (Å²) in [6, 6.07) is 9.74. The van der Waals surface area contributed by atoms with Crippen LogP contribution in [0, 0.1) is 0 Å². The maximum Gasteiger partial charge on any atom is 0.415 e. The van der Waals surface area contributed by atoms with Gasteiger partial charge in [0.25, 0.3) is 0 Å². The van der Waals surface area contributed by atoms with Crippen molar-refractivity contribution in [1.82, 2.24) is 4.90 Å². The highest BCUT2D eigenvalue weighted by Crippen LogP contribution is 2.30. The van der Waals surface area contributed by atoms with E-state index in [4.69, 9.17) is 4.74 Å². The lowest BCUT2D eigenvalue weighted by molar-refractivity contribution is 0.164. The number of amides is 1. The van der Waals surface area contributed by atoms with Crippen LogP contribution >= 0.6 is 0 Å². The number of carbonyl (C=O) groups is 1. The van der Waals surface area contributed by atoms with Crippen LogP contribution in [0.25, 0.3) is 0 Å². The van der Waals surface area contributed by atoms with Gasteiger partial charge in [-0.1, -0.05) is 36.9 Å². The third-order valence-corrected chi connectivity index (χ3v) is 2.67. The molecule has 16 heavy (non-hydrogen) atoms. The second-order valence-electron chi connectivity index (χ2n) is 3.64. The summed E-state index contributed by atoms with van der Waals surface area (Å²) in [7, 11) is 0. The van der Waals surface area contributed by atoms with Gasteiger partial charge in [-0.25, -0.2) is 4.79 Å². The van der Waals surface area contributed by atoms with Gasteiger partial charge in [0.05, 0.1) is 11.7 Å². The molecule has 1 saturated heterocycles. The molecule has 0 N–H and O–H groups in total. The minimum Gasteiger partial charge on any atom is -0.447 e. The van der Waals surface area contributed by atoms with Gasteiger partial charge < -0.3 is 4.74 Å². The largest absolute Gasteiger partial charge is 0.447 e. The monoisotopic (exact) mass is 215 g/mol. The average Bonchev–Trinajstić information content (AvgIpc) is 2.71. The summed E-state index contributed by atoms with van der Waals surface area (Å²) < 4.78 is 5.05. The maximum absolute atomic E-state index is 11.6. The Kier molecular flexibility index (Phi) is 2.80. The van der Waals surface area contributed by atoms with Crippen LogP contribution < -0.4 is 0 Å². The van der Waals surface area contributed by atoms with Gasteiger partial charge in [0.2, 0.25) is 0 Å². The van der Waals surface area contributed by atoms with E-state index in [0.29, 0.717) is 12.3 Å². The summed E-state index contributed by atoms with van der Waals surface area (Å²) in [6.07, 6.45) is -0.331. The highest BCUT2D eigenvalue weighted by atomic mass is 16.6. The Bertz CT molecular complexity index is 446. The quantitative estimate of drug-likeness (QED) is 0.710. The zero-order valence-corrected chi connectivity index (χ0v) is 9.14. The first-order valence-corrected chi connectivity index (χ1v) is 5.11. The van der Waals surface area contributed by atoms with Crippen LogP contribution in [0.5, 0.6) is 0 Å². The summed E-state index contributed by atoms with van der Waals surface area (Å²) in [5.74, 6) is 0. The molecule has 82 valence electrons. The van der Waals surface area contributed by atoms with E-state index in [2.05, 4.69) is 12.3 Å². The SMILES string of the molecule is C=C=C(C)N1C(=O)OC[C@@H]1c1ccccc1. The van der Waals surface area contributed by atoms with Crippen LogP contribution in [0.1, 0.15) is 18.5 Å². The van der Waals surface area contributed by atoms with Crippen LogP contribution in [0.4, 0.5) is 4.79 Å². The van der Waals surface area contributed by atoms with E-state index >= 15 is 0 Å². The maximum atomic E-state index is 11.6. The smallest absolute Gasteiger partial charge is 0.415 e. The minimum absolute atomic E-state index is 0.0667. The molecular weight excluding hydrogens is 202 g/mol. The molecule has 1 atom stereocenters. The molecule has 0 aliphatic carbocycles. The van der Waals surface area contributed by atoms with Gasteiger partial charge in [0.15, 0.2) is 0 Å². The highest BCUT2D eigenvalue weighted by Gasteiger charge is 2.34. The van der Waals surface area contributed by atoms with E-state index in [-0.39, 0.29) is 12.1 Å². The molecule has 0 bridgehead atoms. The average molecular weight is 215 g/mol. The van der Waals surface area contributed by atoms with Crippen molar-refractivity contribution in [2.45, 2.75) is 13.0 Å². The van der Waals surface area contributed by atoms with E-state index in [1.807, 2.05) is 30.3 Å². The summed E-state index contributed by atoms with van der Waals surface area (Å²) in [5, 5.41) is 0. The number of ether oxygens (including phenoxy) is 1. The number of rotatable bonds is 2. The lowest BCUT2D eigenvalue weighted by Crippen LogP contribution is -2.25. The molecule has 1 heterocycles. The topological polar surface area (TPSA) is 29.5 Å². The van der Waals surface area contributed by atoms with Crippen molar-refractivity contribution in [1.29, 1.82) is 0 Å². The Morgan fingerprint density at radius 3 is 2.81 bits per heavy atom. The fraction of sp³-hybridized carbons (Fsp3) is 0.231. The number of hydrogen-bond donors (Lipinski definition) is 0. The summed E-state index contributed by atoms with van der Waals surface area (Å²) in [5.41, 5.74) is 4.48. The minimum atomic E-state index is -0.331. The van der Waals surface area contributed by atoms with Crippen molar-refractivity contribution < 1.29 is 9.53 Å². The number of nitrogens with zero attached hydrogens (tertiary/aromatic N) is 1. The van der Waals surface area contributed by atoms with Gasteiger partial charge in [0, 0.05) is 0 Å². The first-order chi connectivity index (χ1) is 7.74. The molecule has 2 rings (SSSR count). The van der Waals surface area contributed by atoms with Crippen molar-refractivity contribution >= 4 is 6.09 Å². The molecule has 0 radical (unpaired) electrons. The summed E-state index contributed by atoms with van der Waals surface area (Å²) >= 11 is 0. The van der Waals surface area contributed by atoms with Gasteiger partial charge >= 0.3 is 6.09 Å².